The summed E-state index contributed by atoms with van der Waals surface area (Å²) >= 11 is 0. The van der Waals surface area contributed by atoms with E-state index in [4.69, 9.17) is 15.2 Å². The van der Waals surface area contributed by atoms with E-state index in [1.807, 2.05) is 24.3 Å². The summed E-state index contributed by atoms with van der Waals surface area (Å²) in [5.74, 6) is 2.82. The lowest BCUT2D eigenvalue weighted by Gasteiger charge is -2.22. The monoisotopic (exact) mass is 249 g/mol. The van der Waals surface area contributed by atoms with E-state index in [1.54, 1.807) is 7.11 Å². The molecule has 0 radical (unpaired) electrons. The van der Waals surface area contributed by atoms with Crippen LogP contribution in [0.15, 0.2) is 24.3 Å². The van der Waals surface area contributed by atoms with Gasteiger partial charge in [-0.25, -0.2) is 0 Å². The Morgan fingerprint density at radius 3 is 2.50 bits per heavy atom. The molecule has 1 atom stereocenters. The number of methoxy groups -OCH3 is 1. The first-order chi connectivity index (χ1) is 8.85. The van der Waals surface area contributed by atoms with Crippen molar-refractivity contribution >= 4 is 0 Å². The van der Waals surface area contributed by atoms with Crippen molar-refractivity contribution in [3.8, 4) is 11.5 Å². The predicted octanol–water partition coefficient (Wildman–Crippen LogP) is 2.84. The summed E-state index contributed by atoms with van der Waals surface area (Å²) in [5, 5.41) is 0. The molecule has 1 saturated carbocycles. The van der Waals surface area contributed by atoms with Crippen LogP contribution in [-0.4, -0.2) is 20.3 Å². The van der Waals surface area contributed by atoms with Crippen molar-refractivity contribution < 1.29 is 9.47 Å². The second-order valence-electron chi connectivity index (χ2n) is 5.00. The minimum Gasteiger partial charge on any atom is -0.493 e. The average molecular weight is 249 g/mol. The molecule has 0 saturated heterocycles. The predicted molar refractivity (Wildman–Crippen MR) is 73.0 cm³/mol. The van der Waals surface area contributed by atoms with Crippen molar-refractivity contribution in [1.82, 2.24) is 0 Å². The SMILES string of the molecule is COc1ccccc1OCC(CN)C1CCCC1. The molecule has 1 aliphatic carbocycles. The first-order valence-corrected chi connectivity index (χ1v) is 6.81. The molecule has 3 heteroatoms. The van der Waals surface area contributed by atoms with Crippen molar-refractivity contribution in [3.63, 3.8) is 0 Å². The van der Waals surface area contributed by atoms with Crippen molar-refractivity contribution in [2.75, 3.05) is 20.3 Å². The van der Waals surface area contributed by atoms with Crippen molar-refractivity contribution in [1.29, 1.82) is 0 Å². The number of para-hydroxylation sites is 2. The molecule has 0 bridgehead atoms. The second-order valence-corrected chi connectivity index (χ2v) is 5.00. The van der Waals surface area contributed by atoms with E-state index in [0.29, 0.717) is 19.1 Å². The van der Waals surface area contributed by atoms with Gasteiger partial charge in [0.25, 0.3) is 0 Å². The standard InChI is InChI=1S/C15H23NO2/c1-17-14-8-4-5-9-15(14)18-11-13(10-16)12-6-2-3-7-12/h4-5,8-9,12-13H,2-3,6-7,10-11,16H2,1H3. The van der Waals surface area contributed by atoms with Gasteiger partial charge in [-0.05, 0) is 24.6 Å². The minimum atomic E-state index is 0.470. The molecular formula is C15H23NO2. The van der Waals surface area contributed by atoms with Gasteiger partial charge in [0, 0.05) is 5.92 Å². The summed E-state index contributed by atoms with van der Waals surface area (Å²) in [6.07, 6.45) is 5.29. The van der Waals surface area contributed by atoms with E-state index in [2.05, 4.69) is 0 Å². The molecule has 1 unspecified atom stereocenters. The lowest BCUT2D eigenvalue weighted by molar-refractivity contribution is 0.194. The van der Waals surface area contributed by atoms with Gasteiger partial charge in [0.15, 0.2) is 11.5 Å². The molecule has 1 aliphatic rings. The van der Waals surface area contributed by atoms with Gasteiger partial charge in [-0.2, -0.15) is 0 Å². The molecule has 1 fully saturated rings. The number of nitrogens with two attached hydrogens (primary N) is 1. The smallest absolute Gasteiger partial charge is 0.161 e. The average Bonchev–Trinajstić information content (AvgIpc) is 2.94. The Morgan fingerprint density at radius 1 is 1.22 bits per heavy atom. The Morgan fingerprint density at radius 2 is 1.89 bits per heavy atom. The largest absolute Gasteiger partial charge is 0.493 e. The molecule has 3 nitrogen and oxygen atoms in total. The van der Waals surface area contributed by atoms with E-state index in [-0.39, 0.29) is 0 Å². The zero-order valence-corrected chi connectivity index (χ0v) is 11.1. The molecule has 100 valence electrons. The van der Waals surface area contributed by atoms with Gasteiger partial charge < -0.3 is 15.2 Å². The van der Waals surface area contributed by atoms with E-state index in [0.717, 1.165) is 17.4 Å². The van der Waals surface area contributed by atoms with Crippen LogP contribution in [0, 0.1) is 11.8 Å². The van der Waals surface area contributed by atoms with Gasteiger partial charge in [-0.1, -0.05) is 37.8 Å². The molecule has 1 aromatic rings. The van der Waals surface area contributed by atoms with E-state index < -0.39 is 0 Å². The van der Waals surface area contributed by atoms with Gasteiger partial charge in [0.1, 0.15) is 0 Å². The van der Waals surface area contributed by atoms with Crippen molar-refractivity contribution in [3.05, 3.63) is 24.3 Å². The fourth-order valence-corrected chi connectivity index (χ4v) is 2.76. The molecule has 18 heavy (non-hydrogen) atoms. The summed E-state index contributed by atoms with van der Waals surface area (Å²) in [5.41, 5.74) is 5.88. The number of ether oxygens (including phenoxy) is 2. The number of hydrogen-bond donors (Lipinski definition) is 1. The zero-order valence-electron chi connectivity index (χ0n) is 11.1. The third-order valence-corrected chi connectivity index (χ3v) is 3.89. The first-order valence-electron chi connectivity index (χ1n) is 6.81. The minimum absolute atomic E-state index is 0.470. The maximum atomic E-state index is 5.89. The number of hydrogen-bond acceptors (Lipinski definition) is 3. The quantitative estimate of drug-likeness (QED) is 0.843. The lowest BCUT2D eigenvalue weighted by Crippen LogP contribution is -2.27. The molecule has 0 aliphatic heterocycles. The lowest BCUT2D eigenvalue weighted by atomic mass is 9.92. The molecule has 0 heterocycles. The van der Waals surface area contributed by atoms with Gasteiger partial charge in [-0.15, -0.1) is 0 Å². The Hall–Kier alpha value is -1.22. The fraction of sp³-hybridized carbons (Fsp3) is 0.600. The van der Waals surface area contributed by atoms with Crippen LogP contribution in [0.3, 0.4) is 0 Å². The molecule has 1 aromatic carbocycles. The van der Waals surface area contributed by atoms with Crippen LogP contribution in [0.4, 0.5) is 0 Å². The van der Waals surface area contributed by atoms with Gasteiger partial charge in [-0.3, -0.25) is 0 Å². The summed E-state index contributed by atoms with van der Waals surface area (Å²) in [6.45, 7) is 1.40. The number of benzene rings is 1. The van der Waals surface area contributed by atoms with Gasteiger partial charge in [0.05, 0.1) is 13.7 Å². The second kappa shape index (κ2) is 6.64. The van der Waals surface area contributed by atoms with Crippen LogP contribution in [-0.2, 0) is 0 Å². The molecule has 0 spiro atoms. The molecule has 0 aromatic heterocycles. The molecule has 2 N–H and O–H groups in total. The van der Waals surface area contributed by atoms with E-state index in [1.165, 1.54) is 25.7 Å². The van der Waals surface area contributed by atoms with Crippen LogP contribution in [0.1, 0.15) is 25.7 Å². The Labute approximate surface area is 109 Å². The zero-order chi connectivity index (χ0) is 12.8. The summed E-state index contributed by atoms with van der Waals surface area (Å²) in [7, 11) is 1.67. The third kappa shape index (κ3) is 3.16. The molecule has 0 amide bonds. The first kappa shape index (κ1) is 13.2. The van der Waals surface area contributed by atoms with Crippen LogP contribution < -0.4 is 15.2 Å². The molecule has 2 rings (SSSR count). The van der Waals surface area contributed by atoms with E-state index in [9.17, 15) is 0 Å². The van der Waals surface area contributed by atoms with Gasteiger partial charge in [0.2, 0.25) is 0 Å². The summed E-state index contributed by atoms with van der Waals surface area (Å²) in [4.78, 5) is 0. The van der Waals surface area contributed by atoms with Crippen LogP contribution in [0.5, 0.6) is 11.5 Å². The van der Waals surface area contributed by atoms with Crippen LogP contribution in [0.25, 0.3) is 0 Å². The maximum Gasteiger partial charge on any atom is 0.161 e. The third-order valence-electron chi connectivity index (χ3n) is 3.89. The fourth-order valence-electron chi connectivity index (χ4n) is 2.76. The maximum absolute atomic E-state index is 5.89. The Balaban J connectivity index is 1.92. The van der Waals surface area contributed by atoms with E-state index >= 15 is 0 Å². The van der Waals surface area contributed by atoms with Crippen LogP contribution >= 0.6 is 0 Å². The number of rotatable bonds is 6. The van der Waals surface area contributed by atoms with Crippen molar-refractivity contribution in [2.24, 2.45) is 17.6 Å². The summed E-state index contributed by atoms with van der Waals surface area (Å²) in [6, 6.07) is 7.78. The highest BCUT2D eigenvalue weighted by molar-refractivity contribution is 5.39. The topological polar surface area (TPSA) is 44.5 Å². The highest BCUT2D eigenvalue weighted by atomic mass is 16.5. The van der Waals surface area contributed by atoms with Crippen molar-refractivity contribution in [2.45, 2.75) is 25.7 Å². The summed E-state index contributed by atoms with van der Waals surface area (Å²) < 4.78 is 11.2. The van der Waals surface area contributed by atoms with Gasteiger partial charge >= 0.3 is 0 Å². The highest BCUT2D eigenvalue weighted by Gasteiger charge is 2.24. The highest BCUT2D eigenvalue weighted by Crippen LogP contribution is 2.32. The Kier molecular flexibility index (Phi) is 4.88. The Bertz CT molecular complexity index is 361. The normalized spacial score (nSPS) is 17.7. The van der Waals surface area contributed by atoms with Crippen LogP contribution in [0.2, 0.25) is 0 Å². The molecular weight excluding hydrogens is 226 g/mol.